The van der Waals surface area contributed by atoms with Crippen molar-refractivity contribution in [3.63, 3.8) is 0 Å². The van der Waals surface area contributed by atoms with Crippen molar-refractivity contribution in [2.75, 3.05) is 6.61 Å². The molecule has 5 nitrogen and oxygen atoms in total. The molecule has 0 unspecified atom stereocenters. The molecule has 98 valence electrons. The average Bonchev–Trinajstić information content (AvgIpc) is 2.39. The summed E-state index contributed by atoms with van der Waals surface area (Å²) >= 11 is 5.82. The van der Waals surface area contributed by atoms with Crippen LogP contribution in [0.15, 0.2) is 36.4 Å². The maximum Gasteiger partial charge on any atom is 0.274 e. The highest BCUT2D eigenvalue weighted by Crippen LogP contribution is 2.31. The fourth-order valence-electron chi connectivity index (χ4n) is 1.69. The van der Waals surface area contributed by atoms with Gasteiger partial charge in [0.25, 0.3) is 5.69 Å². The van der Waals surface area contributed by atoms with Crippen LogP contribution >= 0.6 is 11.6 Å². The Hall–Kier alpha value is -2.14. The lowest BCUT2D eigenvalue weighted by molar-refractivity contribution is -0.384. The first kappa shape index (κ1) is 13.3. The molecule has 1 heterocycles. The zero-order valence-corrected chi connectivity index (χ0v) is 10.9. The third kappa shape index (κ3) is 3.00. The second-order valence-corrected chi connectivity index (χ2v) is 4.11. The summed E-state index contributed by atoms with van der Waals surface area (Å²) in [6.45, 7) is 2.37. The highest BCUT2D eigenvalue weighted by atomic mass is 35.5. The number of halogens is 1. The van der Waals surface area contributed by atoms with Crippen LogP contribution < -0.4 is 4.74 Å². The van der Waals surface area contributed by atoms with Gasteiger partial charge in [0.05, 0.1) is 23.3 Å². The number of ether oxygens (including phenoxy) is 1. The zero-order chi connectivity index (χ0) is 13.8. The van der Waals surface area contributed by atoms with Crippen LogP contribution in [0.25, 0.3) is 11.3 Å². The van der Waals surface area contributed by atoms with Gasteiger partial charge in [0.2, 0.25) is 0 Å². The van der Waals surface area contributed by atoms with Gasteiger partial charge in [-0.3, -0.25) is 10.1 Å². The Bertz CT molecular complexity index is 617. The van der Waals surface area contributed by atoms with Crippen molar-refractivity contribution >= 4 is 17.3 Å². The standard InChI is InChI=1S/C13H11ClN2O3/c1-2-19-12-6-4-3-5-10(12)11-7-9(16(17)18)8-13(14)15-11/h3-8H,2H2,1H3. The molecule has 0 radical (unpaired) electrons. The molecule has 19 heavy (non-hydrogen) atoms. The van der Waals surface area contributed by atoms with Crippen LogP contribution in [0.5, 0.6) is 5.75 Å². The van der Waals surface area contributed by atoms with Crippen molar-refractivity contribution in [3.8, 4) is 17.0 Å². The molecule has 1 aromatic heterocycles. The molecule has 0 saturated carbocycles. The summed E-state index contributed by atoms with van der Waals surface area (Å²) in [5.41, 5.74) is 1.000. The van der Waals surface area contributed by atoms with E-state index in [2.05, 4.69) is 4.98 Å². The predicted molar refractivity (Wildman–Crippen MR) is 72.5 cm³/mol. The van der Waals surface area contributed by atoms with Crippen molar-refractivity contribution in [3.05, 3.63) is 51.7 Å². The van der Waals surface area contributed by atoms with Gasteiger partial charge in [-0.2, -0.15) is 0 Å². The van der Waals surface area contributed by atoms with Crippen LogP contribution in [0.2, 0.25) is 5.15 Å². The number of para-hydroxylation sites is 1. The number of pyridine rings is 1. The Balaban J connectivity index is 2.55. The zero-order valence-electron chi connectivity index (χ0n) is 10.2. The number of nitro groups is 1. The van der Waals surface area contributed by atoms with E-state index in [1.165, 1.54) is 12.1 Å². The van der Waals surface area contributed by atoms with Crippen LogP contribution in [-0.4, -0.2) is 16.5 Å². The van der Waals surface area contributed by atoms with Crippen LogP contribution in [0.4, 0.5) is 5.69 Å². The van der Waals surface area contributed by atoms with Gasteiger partial charge in [-0.1, -0.05) is 23.7 Å². The molecular formula is C13H11ClN2O3. The molecule has 0 aliphatic carbocycles. The van der Waals surface area contributed by atoms with Crippen LogP contribution in [-0.2, 0) is 0 Å². The van der Waals surface area contributed by atoms with E-state index in [1.54, 1.807) is 12.1 Å². The molecule has 2 aromatic rings. The van der Waals surface area contributed by atoms with Crippen molar-refractivity contribution in [2.45, 2.75) is 6.92 Å². The summed E-state index contributed by atoms with van der Waals surface area (Å²) in [6.07, 6.45) is 0. The van der Waals surface area contributed by atoms with Gasteiger partial charge in [0.1, 0.15) is 10.9 Å². The summed E-state index contributed by atoms with van der Waals surface area (Å²) < 4.78 is 5.48. The van der Waals surface area contributed by atoms with E-state index in [0.29, 0.717) is 23.6 Å². The number of aromatic nitrogens is 1. The van der Waals surface area contributed by atoms with Gasteiger partial charge in [0.15, 0.2) is 0 Å². The molecule has 0 aliphatic heterocycles. The molecule has 0 aliphatic rings. The average molecular weight is 279 g/mol. The molecule has 0 N–H and O–H groups in total. The second-order valence-electron chi connectivity index (χ2n) is 3.72. The van der Waals surface area contributed by atoms with Gasteiger partial charge >= 0.3 is 0 Å². The predicted octanol–water partition coefficient (Wildman–Crippen LogP) is 3.71. The lowest BCUT2D eigenvalue weighted by atomic mass is 10.1. The van der Waals surface area contributed by atoms with E-state index >= 15 is 0 Å². The first-order chi connectivity index (χ1) is 9.11. The second kappa shape index (κ2) is 5.67. The highest BCUT2D eigenvalue weighted by Gasteiger charge is 2.14. The lowest BCUT2D eigenvalue weighted by Gasteiger charge is -2.09. The first-order valence-corrected chi connectivity index (χ1v) is 6.03. The minimum absolute atomic E-state index is 0.0792. The van der Waals surface area contributed by atoms with Gasteiger partial charge in [0, 0.05) is 11.6 Å². The number of benzene rings is 1. The number of hydrogen-bond acceptors (Lipinski definition) is 4. The molecule has 6 heteroatoms. The molecular weight excluding hydrogens is 268 g/mol. The largest absolute Gasteiger partial charge is 0.493 e. The Kier molecular flexibility index (Phi) is 3.97. The molecule has 1 aromatic carbocycles. The quantitative estimate of drug-likeness (QED) is 0.486. The summed E-state index contributed by atoms with van der Waals surface area (Å²) in [7, 11) is 0. The normalized spacial score (nSPS) is 10.2. The Morgan fingerprint density at radius 2 is 2.11 bits per heavy atom. The SMILES string of the molecule is CCOc1ccccc1-c1cc([N+](=O)[O-])cc(Cl)n1. The van der Waals surface area contributed by atoms with Crippen LogP contribution in [0, 0.1) is 10.1 Å². The topological polar surface area (TPSA) is 65.3 Å². The molecule has 0 atom stereocenters. The third-order valence-corrected chi connectivity index (χ3v) is 2.65. The Morgan fingerprint density at radius 1 is 1.37 bits per heavy atom. The van der Waals surface area contributed by atoms with Crippen molar-refractivity contribution in [1.82, 2.24) is 4.98 Å². The smallest absolute Gasteiger partial charge is 0.274 e. The van der Waals surface area contributed by atoms with Crippen molar-refractivity contribution < 1.29 is 9.66 Å². The monoisotopic (exact) mass is 278 g/mol. The summed E-state index contributed by atoms with van der Waals surface area (Å²) in [6, 6.07) is 9.80. The van der Waals surface area contributed by atoms with Crippen molar-refractivity contribution in [1.29, 1.82) is 0 Å². The number of nitrogens with zero attached hydrogens (tertiary/aromatic N) is 2. The summed E-state index contributed by atoms with van der Waals surface area (Å²) in [5, 5.41) is 10.9. The lowest BCUT2D eigenvalue weighted by Crippen LogP contribution is -1.96. The van der Waals surface area contributed by atoms with E-state index in [-0.39, 0.29) is 10.8 Å². The fraction of sp³-hybridized carbons (Fsp3) is 0.154. The molecule has 0 fully saturated rings. The van der Waals surface area contributed by atoms with E-state index in [4.69, 9.17) is 16.3 Å². The minimum Gasteiger partial charge on any atom is -0.493 e. The van der Waals surface area contributed by atoms with Gasteiger partial charge in [-0.15, -0.1) is 0 Å². The highest BCUT2D eigenvalue weighted by molar-refractivity contribution is 6.29. The maximum atomic E-state index is 10.8. The molecule has 0 amide bonds. The fourth-order valence-corrected chi connectivity index (χ4v) is 1.89. The summed E-state index contributed by atoms with van der Waals surface area (Å²) in [5.74, 6) is 0.620. The van der Waals surface area contributed by atoms with Crippen LogP contribution in [0.3, 0.4) is 0 Å². The third-order valence-electron chi connectivity index (χ3n) is 2.45. The van der Waals surface area contributed by atoms with Gasteiger partial charge in [-0.25, -0.2) is 4.98 Å². The number of rotatable bonds is 4. The first-order valence-electron chi connectivity index (χ1n) is 5.66. The molecule has 0 bridgehead atoms. The van der Waals surface area contributed by atoms with Crippen molar-refractivity contribution in [2.24, 2.45) is 0 Å². The number of hydrogen-bond donors (Lipinski definition) is 0. The van der Waals surface area contributed by atoms with E-state index in [9.17, 15) is 10.1 Å². The Labute approximate surface area is 115 Å². The Morgan fingerprint density at radius 3 is 2.79 bits per heavy atom. The summed E-state index contributed by atoms with van der Waals surface area (Å²) in [4.78, 5) is 14.4. The van der Waals surface area contributed by atoms with Gasteiger partial charge < -0.3 is 4.74 Å². The maximum absolute atomic E-state index is 10.8. The molecule has 2 rings (SSSR count). The van der Waals surface area contributed by atoms with E-state index < -0.39 is 4.92 Å². The van der Waals surface area contributed by atoms with Gasteiger partial charge in [-0.05, 0) is 19.1 Å². The van der Waals surface area contributed by atoms with Crippen LogP contribution in [0.1, 0.15) is 6.92 Å². The molecule has 0 saturated heterocycles. The van der Waals surface area contributed by atoms with E-state index in [1.807, 2.05) is 19.1 Å². The molecule has 0 spiro atoms. The van der Waals surface area contributed by atoms with E-state index in [0.717, 1.165) is 0 Å². The minimum atomic E-state index is -0.500.